The van der Waals surface area contributed by atoms with Gasteiger partial charge in [0.05, 0.1) is 19.8 Å². The molecule has 0 radical (unpaired) electrons. The molecule has 0 aromatic heterocycles. The first-order chi connectivity index (χ1) is 17.2. The molecule has 2 fully saturated rings. The van der Waals surface area contributed by atoms with Crippen LogP contribution in [0.15, 0.2) is 60.7 Å². The highest BCUT2D eigenvalue weighted by Gasteiger charge is 2.58. The van der Waals surface area contributed by atoms with Gasteiger partial charge in [0.1, 0.15) is 12.2 Å². The number of amides is 3. The van der Waals surface area contributed by atoms with E-state index < -0.39 is 50.5 Å². The highest BCUT2D eigenvalue weighted by atomic mass is 31.2. The minimum atomic E-state index is -4.19. The Morgan fingerprint density at radius 1 is 1.06 bits per heavy atom. The number of carbonyl (C=O) groups excluding carboxylic acids is 2. The van der Waals surface area contributed by atoms with Crippen molar-refractivity contribution in [3.05, 3.63) is 71.8 Å². The number of phosphoric acid groups is 1. The van der Waals surface area contributed by atoms with E-state index in [1.807, 2.05) is 12.1 Å². The third-order valence-corrected chi connectivity index (χ3v) is 7.30. The fourth-order valence-corrected chi connectivity index (χ4v) is 5.09. The van der Waals surface area contributed by atoms with E-state index in [0.717, 1.165) is 23.0 Å². The van der Waals surface area contributed by atoms with Gasteiger partial charge < -0.3 is 9.84 Å². The number of nitrogens with one attached hydrogen (secondary N) is 1. The summed E-state index contributed by atoms with van der Waals surface area (Å²) in [5.74, 6) is -0.484. The molecular weight excluding hydrogens is 494 g/mol. The maximum atomic E-state index is 15.5. The smallest absolute Gasteiger partial charge is 0.387 e. The van der Waals surface area contributed by atoms with Crippen LogP contribution in [0.4, 0.5) is 9.18 Å². The third-order valence-electron chi connectivity index (χ3n) is 5.95. The molecule has 12 heteroatoms. The van der Waals surface area contributed by atoms with Crippen molar-refractivity contribution in [2.75, 3.05) is 13.2 Å². The van der Waals surface area contributed by atoms with E-state index in [4.69, 9.17) is 18.3 Å². The Bertz CT molecular complexity index is 1060. The van der Waals surface area contributed by atoms with Gasteiger partial charge in [0.2, 0.25) is 5.91 Å². The lowest BCUT2D eigenvalue weighted by Gasteiger charge is -2.35. The topological polar surface area (TPSA) is 124 Å². The molecule has 0 aliphatic carbocycles. The maximum Gasteiger partial charge on any atom is 0.475 e. The standard InChI is InChI=1S/C24H28FN2O8P/c1-24(25)21(29)19(35-22(24)27-13-12-20(28)26-23(27)30)16-34-36(31,32-14-17-8-4-2-5-9-17)33-15-18-10-6-3-7-11-18/h2-11,19,21-22,29H,12-16H2,1H3,(H,26,28,30)/t19-,21-,22-,24-/m1/s1. The average molecular weight is 522 g/mol. The predicted molar refractivity (Wildman–Crippen MR) is 125 cm³/mol. The molecule has 0 bridgehead atoms. The average Bonchev–Trinajstić information content (AvgIpc) is 3.10. The van der Waals surface area contributed by atoms with Crippen molar-refractivity contribution in [2.24, 2.45) is 0 Å². The third kappa shape index (κ3) is 6.18. The normalized spacial score (nSPS) is 26.8. The van der Waals surface area contributed by atoms with Crippen LogP contribution in [0.25, 0.3) is 0 Å². The van der Waals surface area contributed by atoms with Crippen LogP contribution in [0.2, 0.25) is 0 Å². The number of nitrogens with zero attached hydrogens (tertiary/aromatic N) is 1. The lowest BCUT2D eigenvalue weighted by molar-refractivity contribution is -0.126. The van der Waals surface area contributed by atoms with Gasteiger partial charge in [-0.1, -0.05) is 60.7 Å². The fraction of sp³-hybridized carbons (Fsp3) is 0.417. The first kappa shape index (κ1) is 26.4. The fourth-order valence-electron chi connectivity index (χ4n) is 3.92. The van der Waals surface area contributed by atoms with Crippen molar-refractivity contribution in [2.45, 2.75) is 50.7 Å². The van der Waals surface area contributed by atoms with Crippen LogP contribution in [0.1, 0.15) is 24.5 Å². The molecule has 2 aromatic rings. The van der Waals surface area contributed by atoms with Crippen molar-refractivity contribution in [3.8, 4) is 0 Å². The van der Waals surface area contributed by atoms with Crippen LogP contribution >= 0.6 is 7.82 Å². The Kier molecular flexibility index (Phi) is 8.19. The lowest BCUT2D eigenvalue weighted by Crippen LogP contribution is -2.59. The van der Waals surface area contributed by atoms with E-state index in [2.05, 4.69) is 5.32 Å². The monoisotopic (exact) mass is 522 g/mol. The Hall–Kier alpha value is -2.66. The van der Waals surface area contributed by atoms with Gasteiger partial charge in [-0.15, -0.1) is 0 Å². The SMILES string of the molecule is C[C@@]1(F)[C@H](O)[C@@H](COP(=O)(OCc2ccccc2)OCc2ccccc2)O[C@H]1N1CCC(=O)NC1=O. The number of imide groups is 1. The van der Waals surface area contributed by atoms with Crippen LogP contribution in [0, 0.1) is 0 Å². The second-order valence-electron chi connectivity index (χ2n) is 8.68. The van der Waals surface area contributed by atoms with E-state index in [0.29, 0.717) is 0 Å². The van der Waals surface area contributed by atoms with E-state index in [1.54, 1.807) is 48.5 Å². The van der Waals surface area contributed by atoms with Crippen molar-refractivity contribution >= 4 is 19.8 Å². The number of aliphatic hydroxyl groups is 1. The summed E-state index contributed by atoms with van der Waals surface area (Å²) >= 11 is 0. The molecule has 2 saturated heterocycles. The minimum Gasteiger partial charge on any atom is -0.387 e. The number of aliphatic hydroxyl groups excluding tert-OH is 1. The molecular formula is C24H28FN2O8P. The van der Waals surface area contributed by atoms with Gasteiger partial charge in [-0.25, -0.2) is 13.8 Å². The van der Waals surface area contributed by atoms with Gasteiger partial charge >= 0.3 is 13.9 Å². The van der Waals surface area contributed by atoms with Crippen molar-refractivity contribution in [3.63, 3.8) is 0 Å². The summed E-state index contributed by atoms with van der Waals surface area (Å²) < 4.78 is 51.1. The molecule has 36 heavy (non-hydrogen) atoms. The predicted octanol–water partition coefficient (Wildman–Crippen LogP) is 3.30. The van der Waals surface area contributed by atoms with Crippen LogP contribution in [-0.4, -0.2) is 59.2 Å². The highest BCUT2D eigenvalue weighted by molar-refractivity contribution is 7.48. The number of alkyl halides is 1. The first-order valence-electron chi connectivity index (χ1n) is 11.4. The summed E-state index contributed by atoms with van der Waals surface area (Å²) in [4.78, 5) is 24.6. The Balaban J connectivity index is 1.44. The molecule has 2 aromatic carbocycles. The molecule has 2 aliphatic heterocycles. The maximum absolute atomic E-state index is 15.5. The number of carbonyl (C=O) groups is 2. The van der Waals surface area contributed by atoms with Gasteiger partial charge in [0.25, 0.3) is 0 Å². The van der Waals surface area contributed by atoms with Gasteiger partial charge in [0, 0.05) is 13.0 Å². The Morgan fingerprint density at radius 3 is 2.14 bits per heavy atom. The minimum absolute atomic E-state index is 0.0329. The second-order valence-corrected chi connectivity index (χ2v) is 10.3. The van der Waals surface area contributed by atoms with Crippen LogP contribution in [0.5, 0.6) is 0 Å². The number of rotatable bonds is 10. The number of benzene rings is 2. The number of halogens is 1. The molecule has 2 N–H and O–H groups in total. The van der Waals surface area contributed by atoms with E-state index in [-0.39, 0.29) is 26.2 Å². The van der Waals surface area contributed by atoms with Gasteiger partial charge in [-0.2, -0.15) is 0 Å². The molecule has 2 heterocycles. The zero-order valence-corrected chi connectivity index (χ0v) is 20.5. The van der Waals surface area contributed by atoms with E-state index in [1.165, 1.54) is 0 Å². The van der Waals surface area contributed by atoms with Gasteiger partial charge in [0.15, 0.2) is 11.9 Å². The number of hydrogen-bond donors (Lipinski definition) is 2. The summed E-state index contributed by atoms with van der Waals surface area (Å²) in [6, 6.07) is 17.1. The Labute approximate surface area is 207 Å². The molecule has 2 aliphatic rings. The number of phosphoric ester groups is 1. The quantitative estimate of drug-likeness (QED) is 0.456. The van der Waals surface area contributed by atoms with E-state index >= 15 is 4.39 Å². The van der Waals surface area contributed by atoms with Crippen molar-refractivity contribution in [1.29, 1.82) is 0 Å². The molecule has 4 atom stereocenters. The molecule has 4 rings (SSSR count). The van der Waals surface area contributed by atoms with Crippen molar-refractivity contribution in [1.82, 2.24) is 10.2 Å². The van der Waals surface area contributed by atoms with Crippen LogP contribution < -0.4 is 5.32 Å². The van der Waals surface area contributed by atoms with E-state index in [9.17, 15) is 19.3 Å². The molecule has 3 amide bonds. The molecule has 194 valence electrons. The number of ether oxygens (including phenoxy) is 1. The summed E-state index contributed by atoms with van der Waals surface area (Å²) in [5, 5.41) is 12.7. The zero-order valence-electron chi connectivity index (χ0n) is 19.6. The second kappa shape index (κ2) is 11.2. The summed E-state index contributed by atoms with van der Waals surface area (Å²) in [5.41, 5.74) is -0.932. The van der Waals surface area contributed by atoms with Crippen molar-refractivity contribution < 1.29 is 42.0 Å². The van der Waals surface area contributed by atoms with Crippen LogP contribution in [-0.2, 0) is 40.9 Å². The molecule has 10 nitrogen and oxygen atoms in total. The van der Waals surface area contributed by atoms with Gasteiger partial charge in [-0.3, -0.25) is 28.6 Å². The molecule has 0 spiro atoms. The lowest BCUT2D eigenvalue weighted by atomic mass is 9.97. The van der Waals surface area contributed by atoms with Crippen LogP contribution in [0.3, 0.4) is 0 Å². The molecule has 0 unspecified atom stereocenters. The number of hydrogen-bond acceptors (Lipinski definition) is 8. The summed E-state index contributed by atoms with van der Waals surface area (Å²) in [7, 11) is -4.19. The summed E-state index contributed by atoms with van der Waals surface area (Å²) in [6.45, 7) is 0.322. The number of urea groups is 1. The highest BCUT2D eigenvalue weighted by Crippen LogP contribution is 2.52. The Morgan fingerprint density at radius 2 is 1.61 bits per heavy atom. The van der Waals surface area contributed by atoms with Gasteiger partial charge in [-0.05, 0) is 18.1 Å². The summed E-state index contributed by atoms with van der Waals surface area (Å²) in [6.07, 6.45) is -4.52. The first-order valence-corrected chi connectivity index (χ1v) is 12.9. The molecule has 0 saturated carbocycles. The largest absolute Gasteiger partial charge is 0.475 e. The zero-order chi connectivity index (χ0) is 25.8.